The Morgan fingerprint density at radius 2 is 1.77 bits per heavy atom. The lowest BCUT2D eigenvalue weighted by Gasteiger charge is -2.33. The Balaban J connectivity index is 1.53. The van der Waals surface area contributed by atoms with Crippen molar-refractivity contribution in [2.24, 2.45) is 7.05 Å². The number of hydrogen-bond donors (Lipinski definition) is 1. The van der Waals surface area contributed by atoms with Gasteiger partial charge in [0.1, 0.15) is 10.7 Å². The number of nitrogens with zero attached hydrogens (tertiary/aromatic N) is 5. The van der Waals surface area contributed by atoms with Gasteiger partial charge in [0, 0.05) is 72.7 Å². The first-order valence-electron chi connectivity index (χ1n) is 14.4. The summed E-state index contributed by atoms with van der Waals surface area (Å²) in [6.45, 7) is 11.5. The van der Waals surface area contributed by atoms with Crippen molar-refractivity contribution in [3.63, 3.8) is 0 Å². The predicted octanol–water partition coefficient (Wildman–Crippen LogP) is 7.17. The maximum atomic E-state index is 12.7. The summed E-state index contributed by atoms with van der Waals surface area (Å²) in [7, 11) is 4.19. The number of carbonyl (C=O) groups is 1. The number of carboxylic acids is 1. The van der Waals surface area contributed by atoms with Gasteiger partial charge in [-0.15, -0.1) is 11.3 Å². The van der Waals surface area contributed by atoms with Crippen LogP contribution in [0, 0.1) is 6.92 Å². The lowest BCUT2D eigenvalue weighted by atomic mass is 9.91. The van der Waals surface area contributed by atoms with Crippen LogP contribution in [0.2, 0.25) is 5.02 Å². The van der Waals surface area contributed by atoms with E-state index in [-0.39, 0.29) is 0 Å². The number of thiazole rings is 1. The molecule has 4 heterocycles. The molecule has 10 heteroatoms. The first-order chi connectivity index (χ1) is 20.4. The minimum atomic E-state index is -1.16. The summed E-state index contributed by atoms with van der Waals surface area (Å²) in [5.41, 5.74) is 6.28. The molecule has 43 heavy (non-hydrogen) atoms. The average Bonchev–Trinajstić information content (AvgIpc) is 3.52. The van der Waals surface area contributed by atoms with Gasteiger partial charge in [0.25, 0.3) is 0 Å². The number of hydrogen-bond acceptors (Lipinski definition) is 7. The summed E-state index contributed by atoms with van der Waals surface area (Å²) in [6, 6.07) is 11.7. The Morgan fingerprint density at radius 1 is 1.07 bits per heavy atom. The molecule has 1 unspecified atom stereocenters. The number of benzene rings is 2. The molecule has 1 aliphatic rings. The van der Waals surface area contributed by atoms with Crippen molar-refractivity contribution in [1.82, 2.24) is 19.4 Å². The van der Waals surface area contributed by atoms with E-state index >= 15 is 0 Å². The van der Waals surface area contributed by atoms with Crippen LogP contribution in [0.25, 0.3) is 42.9 Å². The Hall–Kier alpha value is -3.50. The Morgan fingerprint density at radius 3 is 2.42 bits per heavy atom. The summed E-state index contributed by atoms with van der Waals surface area (Å²) >= 11 is 7.80. The van der Waals surface area contributed by atoms with Crippen LogP contribution >= 0.6 is 22.9 Å². The second-order valence-electron chi connectivity index (χ2n) is 12.3. The maximum Gasteiger partial charge on any atom is 0.337 e. The third kappa shape index (κ3) is 5.74. The second kappa shape index (κ2) is 11.2. The standard InChI is InChI=1S/C33H36ClN5O3S/c1-19-15-24-29(27(20-7-9-22(34)10-8-20)26(19)28(32(40)41)42-33(2,3)4)43-31(36-24)21-16-23-25(18-38(6)30(23)35-17-21)39-13-11-37(5)12-14-39/h7-10,15-18,28H,11-14H2,1-6H3,(H,40,41). The van der Waals surface area contributed by atoms with E-state index in [0.29, 0.717) is 10.6 Å². The van der Waals surface area contributed by atoms with Gasteiger partial charge in [-0.25, -0.2) is 14.8 Å². The molecule has 224 valence electrons. The van der Waals surface area contributed by atoms with Crippen LogP contribution in [0.5, 0.6) is 0 Å². The SMILES string of the molecule is Cc1cc2nc(-c3cnc4c(c3)c(N3CCN(C)CC3)cn4C)sc2c(-c2ccc(Cl)cc2)c1C(OC(C)(C)C)C(=O)O. The van der Waals surface area contributed by atoms with E-state index in [1.54, 1.807) is 11.3 Å². The van der Waals surface area contributed by atoms with Crippen LogP contribution in [0.15, 0.2) is 48.8 Å². The summed E-state index contributed by atoms with van der Waals surface area (Å²) in [6.07, 6.45) is 2.89. The highest BCUT2D eigenvalue weighted by Gasteiger charge is 2.32. The minimum Gasteiger partial charge on any atom is -0.479 e. The first kappa shape index (κ1) is 29.6. The highest BCUT2D eigenvalue weighted by Crippen LogP contribution is 2.45. The number of carboxylic acid groups (broad SMARTS) is 1. The number of aromatic nitrogens is 3. The molecule has 1 N–H and O–H groups in total. The van der Waals surface area contributed by atoms with E-state index in [4.69, 9.17) is 26.3 Å². The molecule has 1 aliphatic heterocycles. The highest BCUT2D eigenvalue weighted by molar-refractivity contribution is 7.22. The van der Waals surface area contributed by atoms with Gasteiger partial charge in [0.15, 0.2) is 6.10 Å². The lowest BCUT2D eigenvalue weighted by molar-refractivity contribution is -0.160. The molecule has 8 nitrogen and oxygen atoms in total. The molecule has 2 aromatic carbocycles. The Bertz CT molecular complexity index is 1830. The Labute approximate surface area is 260 Å². The lowest BCUT2D eigenvalue weighted by Crippen LogP contribution is -2.44. The van der Waals surface area contributed by atoms with E-state index < -0.39 is 17.7 Å². The average molecular weight is 618 g/mol. The number of halogens is 1. The highest BCUT2D eigenvalue weighted by atomic mass is 35.5. The number of aryl methyl sites for hydroxylation is 2. The number of likely N-dealkylation sites (N-methyl/N-ethyl adjacent to an activating group) is 1. The number of pyridine rings is 1. The molecule has 3 aromatic heterocycles. The molecule has 0 bridgehead atoms. The number of aliphatic carboxylic acids is 1. The minimum absolute atomic E-state index is 0.610. The molecule has 0 spiro atoms. The van der Waals surface area contributed by atoms with Crippen molar-refractivity contribution in [2.45, 2.75) is 39.4 Å². The first-order valence-corrected chi connectivity index (χ1v) is 15.6. The van der Waals surface area contributed by atoms with E-state index in [1.165, 1.54) is 5.69 Å². The summed E-state index contributed by atoms with van der Waals surface area (Å²) < 4.78 is 9.14. The van der Waals surface area contributed by atoms with Gasteiger partial charge in [0.2, 0.25) is 0 Å². The molecular weight excluding hydrogens is 582 g/mol. The van der Waals surface area contributed by atoms with Crippen molar-refractivity contribution in [3.8, 4) is 21.7 Å². The smallest absolute Gasteiger partial charge is 0.337 e. The number of rotatable bonds is 6. The molecule has 1 atom stereocenters. The van der Waals surface area contributed by atoms with Crippen molar-refractivity contribution in [1.29, 1.82) is 0 Å². The van der Waals surface area contributed by atoms with Gasteiger partial charge in [-0.3, -0.25) is 0 Å². The fourth-order valence-electron chi connectivity index (χ4n) is 5.82. The zero-order chi connectivity index (χ0) is 30.6. The van der Waals surface area contributed by atoms with Crippen molar-refractivity contribution < 1.29 is 14.6 Å². The molecule has 0 amide bonds. The molecule has 5 aromatic rings. The van der Waals surface area contributed by atoms with Crippen LogP contribution in [0.3, 0.4) is 0 Å². The van der Waals surface area contributed by atoms with Gasteiger partial charge in [0.05, 0.1) is 21.5 Å². The normalized spacial score (nSPS) is 15.5. The summed E-state index contributed by atoms with van der Waals surface area (Å²) in [4.78, 5) is 27.4. The van der Waals surface area contributed by atoms with Crippen LogP contribution in [0.4, 0.5) is 5.69 Å². The fraction of sp³-hybridized carbons (Fsp3) is 0.364. The van der Waals surface area contributed by atoms with Crippen molar-refractivity contribution in [3.05, 3.63) is 64.9 Å². The maximum absolute atomic E-state index is 12.7. The summed E-state index contributed by atoms with van der Waals surface area (Å²) in [5.74, 6) is -1.03. The third-order valence-electron chi connectivity index (χ3n) is 7.90. The van der Waals surface area contributed by atoms with Gasteiger partial charge in [-0.2, -0.15) is 0 Å². The van der Waals surface area contributed by atoms with Crippen LogP contribution in [0.1, 0.15) is 38.0 Å². The van der Waals surface area contributed by atoms with Crippen LogP contribution in [-0.4, -0.2) is 69.3 Å². The molecule has 0 radical (unpaired) electrons. The van der Waals surface area contributed by atoms with Gasteiger partial charge < -0.3 is 24.2 Å². The molecular formula is C33H36ClN5O3S. The van der Waals surface area contributed by atoms with E-state index in [0.717, 1.165) is 74.7 Å². The predicted molar refractivity (Wildman–Crippen MR) is 175 cm³/mol. The topological polar surface area (TPSA) is 83.7 Å². The molecule has 0 aliphatic carbocycles. The summed E-state index contributed by atoms with van der Waals surface area (Å²) in [5, 5.41) is 12.9. The molecule has 6 rings (SSSR count). The van der Waals surface area contributed by atoms with Crippen LogP contribution < -0.4 is 4.90 Å². The number of fused-ring (bicyclic) bond motifs is 2. The van der Waals surface area contributed by atoms with Gasteiger partial charge >= 0.3 is 5.97 Å². The van der Waals surface area contributed by atoms with E-state index in [2.05, 4.69) is 33.7 Å². The van der Waals surface area contributed by atoms with Gasteiger partial charge in [-0.05, 0) is 70.1 Å². The largest absolute Gasteiger partial charge is 0.479 e. The quantitative estimate of drug-likeness (QED) is 0.216. The molecule has 1 saturated heterocycles. The number of piperazine rings is 1. The zero-order valence-corrected chi connectivity index (χ0v) is 26.9. The Kier molecular flexibility index (Phi) is 7.71. The second-order valence-corrected chi connectivity index (χ2v) is 13.8. The van der Waals surface area contributed by atoms with Crippen molar-refractivity contribution in [2.75, 3.05) is 38.1 Å². The molecule has 0 saturated carbocycles. The van der Waals surface area contributed by atoms with Crippen LogP contribution in [-0.2, 0) is 16.6 Å². The number of anilines is 1. The van der Waals surface area contributed by atoms with Crippen molar-refractivity contribution >= 4 is 55.8 Å². The van der Waals surface area contributed by atoms with E-state index in [1.807, 2.05) is 71.3 Å². The third-order valence-corrected chi connectivity index (χ3v) is 9.29. The number of ether oxygens (including phenoxy) is 1. The fourth-order valence-corrected chi connectivity index (χ4v) is 7.05. The van der Waals surface area contributed by atoms with Gasteiger partial charge in [-0.1, -0.05) is 23.7 Å². The zero-order valence-electron chi connectivity index (χ0n) is 25.3. The van der Waals surface area contributed by atoms with E-state index in [9.17, 15) is 9.90 Å². The monoisotopic (exact) mass is 617 g/mol. The molecule has 1 fully saturated rings.